The summed E-state index contributed by atoms with van der Waals surface area (Å²) >= 11 is 0. The van der Waals surface area contributed by atoms with E-state index < -0.39 is 28.2 Å². The fourth-order valence-corrected chi connectivity index (χ4v) is 3.07. The van der Waals surface area contributed by atoms with E-state index in [9.17, 15) is 21.6 Å². The van der Waals surface area contributed by atoms with E-state index in [0.29, 0.717) is 0 Å². The van der Waals surface area contributed by atoms with Crippen molar-refractivity contribution in [2.24, 2.45) is 0 Å². The maximum absolute atomic E-state index is 14.5. The molecule has 0 radical (unpaired) electrons. The molecule has 0 saturated heterocycles. The molecular formula is C15H12F3N5O3S. The Kier molecular flexibility index (Phi) is 5.08. The monoisotopic (exact) mass is 399 g/mol. The van der Waals surface area contributed by atoms with Crippen LogP contribution < -0.4 is 4.31 Å². The Morgan fingerprint density at radius 1 is 1.19 bits per heavy atom. The first-order valence-electron chi connectivity index (χ1n) is 7.39. The van der Waals surface area contributed by atoms with E-state index in [0.717, 1.165) is 16.6 Å². The molecule has 1 aromatic carbocycles. The number of alkyl halides is 2. The van der Waals surface area contributed by atoms with E-state index in [-0.39, 0.29) is 29.2 Å². The Balaban J connectivity index is 1.90. The minimum atomic E-state index is -3.74. The highest BCUT2D eigenvalue weighted by Crippen LogP contribution is 2.26. The quantitative estimate of drug-likeness (QED) is 0.628. The second-order valence-electron chi connectivity index (χ2n) is 5.42. The molecule has 0 saturated carbocycles. The van der Waals surface area contributed by atoms with Crippen molar-refractivity contribution in [3.05, 3.63) is 54.2 Å². The first-order chi connectivity index (χ1) is 12.8. The number of hydrogen-bond acceptors (Lipinski definition) is 7. The zero-order valence-electron chi connectivity index (χ0n) is 13.8. The summed E-state index contributed by atoms with van der Waals surface area (Å²) in [6.07, 6.45) is 1.83. The van der Waals surface area contributed by atoms with E-state index in [2.05, 4.69) is 20.2 Å². The van der Waals surface area contributed by atoms with Gasteiger partial charge >= 0.3 is 6.43 Å². The van der Waals surface area contributed by atoms with Gasteiger partial charge in [0.2, 0.25) is 15.9 Å². The third kappa shape index (κ3) is 4.22. The molecule has 0 unspecified atom stereocenters. The van der Waals surface area contributed by atoms with Crippen LogP contribution in [0.4, 0.5) is 18.9 Å². The molecule has 12 heteroatoms. The third-order valence-electron chi connectivity index (χ3n) is 3.48. The lowest BCUT2D eigenvalue weighted by atomic mass is 10.1. The standard InChI is InChI=1S/C15H12F3N5O3S/c1-27(24,25)23(11-5-19-8-20-6-11)7-10-3-2-9(4-12(10)16)14-21-22-15(26-14)13(17)18/h2-6,8,13H,7H2,1H3. The van der Waals surface area contributed by atoms with Crippen LogP contribution in [0.5, 0.6) is 0 Å². The normalized spacial score (nSPS) is 11.7. The molecule has 3 aromatic rings. The number of nitrogens with zero attached hydrogens (tertiary/aromatic N) is 5. The molecule has 0 amide bonds. The van der Waals surface area contributed by atoms with E-state index in [4.69, 9.17) is 4.42 Å². The molecule has 0 aliphatic carbocycles. The van der Waals surface area contributed by atoms with Crippen LogP contribution in [0.2, 0.25) is 0 Å². The van der Waals surface area contributed by atoms with Gasteiger partial charge in [-0.1, -0.05) is 6.07 Å². The average Bonchev–Trinajstić information content (AvgIpc) is 3.11. The van der Waals surface area contributed by atoms with Crippen molar-refractivity contribution in [1.82, 2.24) is 20.2 Å². The van der Waals surface area contributed by atoms with Gasteiger partial charge < -0.3 is 4.42 Å². The minimum Gasteiger partial charge on any atom is -0.415 e. The number of benzene rings is 1. The van der Waals surface area contributed by atoms with Crippen LogP contribution in [0.15, 0.2) is 41.3 Å². The summed E-state index contributed by atoms with van der Waals surface area (Å²) in [5.74, 6) is -1.91. The largest absolute Gasteiger partial charge is 0.415 e. The minimum absolute atomic E-state index is 0.0432. The second-order valence-corrected chi connectivity index (χ2v) is 7.33. The molecule has 0 bridgehead atoms. The zero-order valence-corrected chi connectivity index (χ0v) is 14.6. The summed E-state index contributed by atoms with van der Waals surface area (Å²) in [5.41, 5.74) is 0.299. The van der Waals surface area contributed by atoms with Crippen molar-refractivity contribution in [2.75, 3.05) is 10.6 Å². The summed E-state index contributed by atoms with van der Waals surface area (Å²) in [5, 5.41) is 6.61. The Morgan fingerprint density at radius 2 is 1.89 bits per heavy atom. The molecule has 142 valence electrons. The summed E-state index contributed by atoms with van der Waals surface area (Å²) in [4.78, 5) is 7.51. The van der Waals surface area contributed by atoms with Crippen LogP contribution in [0.1, 0.15) is 17.9 Å². The topological polar surface area (TPSA) is 102 Å². The highest BCUT2D eigenvalue weighted by molar-refractivity contribution is 7.92. The Morgan fingerprint density at radius 3 is 2.44 bits per heavy atom. The molecule has 0 atom stereocenters. The molecule has 0 fully saturated rings. The van der Waals surface area contributed by atoms with Gasteiger partial charge in [-0.25, -0.2) is 22.8 Å². The van der Waals surface area contributed by atoms with Crippen LogP contribution in [-0.4, -0.2) is 34.8 Å². The van der Waals surface area contributed by atoms with Gasteiger partial charge in [0.15, 0.2) is 0 Å². The molecule has 3 rings (SSSR count). The summed E-state index contributed by atoms with van der Waals surface area (Å²) < 4.78 is 69.3. The van der Waals surface area contributed by atoms with Gasteiger partial charge in [0.1, 0.15) is 12.1 Å². The highest BCUT2D eigenvalue weighted by atomic mass is 32.2. The third-order valence-corrected chi connectivity index (χ3v) is 4.62. The maximum atomic E-state index is 14.5. The van der Waals surface area contributed by atoms with Crippen molar-refractivity contribution in [3.8, 4) is 11.5 Å². The number of rotatable bonds is 6. The van der Waals surface area contributed by atoms with Crippen molar-refractivity contribution in [3.63, 3.8) is 0 Å². The van der Waals surface area contributed by atoms with Gasteiger partial charge in [-0.15, -0.1) is 10.2 Å². The molecular weight excluding hydrogens is 387 g/mol. The lowest BCUT2D eigenvalue weighted by molar-refractivity contribution is 0.116. The molecule has 0 N–H and O–H groups in total. The molecule has 8 nitrogen and oxygen atoms in total. The average molecular weight is 399 g/mol. The fourth-order valence-electron chi connectivity index (χ4n) is 2.22. The maximum Gasteiger partial charge on any atom is 0.314 e. The Labute approximate surface area is 151 Å². The van der Waals surface area contributed by atoms with Gasteiger partial charge in [0.25, 0.3) is 5.89 Å². The molecule has 0 aliphatic heterocycles. The number of sulfonamides is 1. The van der Waals surface area contributed by atoms with Crippen LogP contribution in [0.25, 0.3) is 11.5 Å². The SMILES string of the molecule is CS(=O)(=O)N(Cc1ccc(-c2nnc(C(F)F)o2)cc1F)c1cncnc1. The van der Waals surface area contributed by atoms with E-state index >= 15 is 0 Å². The van der Waals surface area contributed by atoms with Crippen molar-refractivity contribution < 1.29 is 26.0 Å². The van der Waals surface area contributed by atoms with Crippen LogP contribution in [0.3, 0.4) is 0 Å². The van der Waals surface area contributed by atoms with Gasteiger partial charge in [-0.2, -0.15) is 8.78 Å². The number of halogens is 3. The summed E-state index contributed by atoms with van der Waals surface area (Å²) in [7, 11) is -3.74. The first kappa shape index (κ1) is 18.8. The lowest BCUT2D eigenvalue weighted by Crippen LogP contribution is -2.29. The fraction of sp³-hybridized carbons (Fsp3) is 0.200. The van der Waals surface area contributed by atoms with Gasteiger partial charge in [0, 0.05) is 11.1 Å². The van der Waals surface area contributed by atoms with Crippen molar-refractivity contribution in [1.29, 1.82) is 0 Å². The van der Waals surface area contributed by atoms with Crippen LogP contribution in [-0.2, 0) is 16.6 Å². The van der Waals surface area contributed by atoms with E-state index in [1.165, 1.54) is 30.9 Å². The smallest absolute Gasteiger partial charge is 0.314 e. The lowest BCUT2D eigenvalue weighted by Gasteiger charge is -2.22. The van der Waals surface area contributed by atoms with E-state index in [1.54, 1.807) is 0 Å². The highest BCUT2D eigenvalue weighted by Gasteiger charge is 2.21. The van der Waals surface area contributed by atoms with Crippen LogP contribution in [0, 0.1) is 5.82 Å². The molecule has 2 aromatic heterocycles. The van der Waals surface area contributed by atoms with Gasteiger partial charge in [0.05, 0.1) is 30.9 Å². The summed E-state index contributed by atoms with van der Waals surface area (Å²) in [6, 6.07) is 3.67. The predicted molar refractivity (Wildman–Crippen MR) is 87.7 cm³/mol. The number of anilines is 1. The molecule has 0 aliphatic rings. The Bertz CT molecular complexity index is 1040. The second kappa shape index (κ2) is 7.31. The predicted octanol–water partition coefficient (Wildman–Crippen LogP) is 2.57. The zero-order chi connectivity index (χ0) is 19.6. The first-order valence-corrected chi connectivity index (χ1v) is 9.23. The Hall–Kier alpha value is -3.02. The van der Waals surface area contributed by atoms with Gasteiger partial charge in [-0.05, 0) is 12.1 Å². The summed E-state index contributed by atoms with van der Waals surface area (Å²) in [6.45, 7) is -0.315. The molecule has 27 heavy (non-hydrogen) atoms. The molecule has 2 heterocycles. The molecule has 0 spiro atoms. The van der Waals surface area contributed by atoms with Crippen molar-refractivity contribution >= 4 is 15.7 Å². The number of hydrogen-bond donors (Lipinski definition) is 0. The van der Waals surface area contributed by atoms with Gasteiger partial charge in [-0.3, -0.25) is 4.31 Å². The van der Waals surface area contributed by atoms with Crippen molar-refractivity contribution in [2.45, 2.75) is 13.0 Å². The van der Waals surface area contributed by atoms with Crippen LogP contribution >= 0.6 is 0 Å². The number of aromatic nitrogens is 4. The van der Waals surface area contributed by atoms with E-state index in [1.807, 2.05) is 0 Å².